The zero-order valence-corrected chi connectivity index (χ0v) is 10.8. The number of hydrogen-bond donors (Lipinski definition) is 1. The van der Waals surface area contributed by atoms with Gasteiger partial charge in [0.2, 0.25) is 5.91 Å². The maximum atomic E-state index is 12.1. The lowest BCUT2D eigenvalue weighted by Crippen LogP contribution is -2.32. The van der Waals surface area contributed by atoms with Gasteiger partial charge in [-0.25, -0.2) is 0 Å². The molecule has 0 spiro atoms. The highest BCUT2D eigenvalue weighted by atomic mass is 32.1. The summed E-state index contributed by atoms with van der Waals surface area (Å²) in [6.07, 6.45) is 4.39. The van der Waals surface area contributed by atoms with Gasteiger partial charge in [0.25, 0.3) is 0 Å². The summed E-state index contributed by atoms with van der Waals surface area (Å²) in [5, 5.41) is 10.8. The van der Waals surface area contributed by atoms with Gasteiger partial charge >= 0.3 is 0 Å². The second-order valence-corrected chi connectivity index (χ2v) is 5.55. The third-order valence-electron chi connectivity index (χ3n) is 3.01. The predicted octanol–water partition coefficient (Wildman–Crippen LogP) is 2.40. The molecule has 0 bridgehead atoms. The fraction of sp³-hybridized carbons (Fsp3) is 0.615. The zero-order valence-electron chi connectivity index (χ0n) is 9.97. The van der Waals surface area contributed by atoms with Gasteiger partial charge in [-0.2, -0.15) is 0 Å². The molecule has 2 rings (SSSR count). The van der Waals surface area contributed by atoms with Crippen LogP contribution in [0.2, 0.25) is 0 Å². The lowest BCUT2D eigenvalue weighted by atomic mass is 10.2. The Bertz CT molecular complexity index is 346. The Balaban J connectivity index is 1.86. The van der Waals surface area contributed by atoms with Crippen LogP contribution in [0.5, 0.6) is 0 Å². The molecule has 1 aliphatic carbocycles. The van der Waals surface area contributed by atoms with Gasteiger partial charge in [0.15, 0.2) is 0 Å². The average Bonchev–Trinajstić information content (AvgIpc) is 3.03. The first kappa shape index (κ1) is 12.6. The molecule has 0 saturated heterocycles. The molecule has 1 aliphatic rings. The highest BCUT2D eigenvalue weighted by Crippen LogP contribution is 2.30. The van der Waals surface area contributed by atoms with Gasteiger partial charge in [-0.3, -0.25) is 4.79 Å². The summed E-state index contributed by atoms with van der Waals surface area (Å²) in [6.45, 7) is 0.946. The van der Waals surface area contributed by atoms with E-state index >= 15 is 0 Å². The van der Waals surface area contributed by atoms with Crippen LogP contribution in [0.15, 0.2) is 17.5 Å². The Labute approximate surface area is 106 Å². The second-order valence-electron chi connectivity index (χ2n) is 4.51. The summed E-state index contributed by atoms with van der Waals surface area (Å²) in [6, 6.07) is 4.58. The van der Waals surface area contributed by atoms with Gasteiger partial charge in [0, 0.05) is 23.9 Å². The maximum Gasteiger partial charge on any atom is 0.223 e. The minimum atomic E-state index is 0.182. The number of hydrogen-bond acceptors (Lipinski definition) is 3. The number of nitrogens with zero attached hydrogens (tertiary/aromatic N) is 1. The topological polar surface area (TPSA) is 40.5 Å². The van der Waals surface area contributed by atoms with Crippen LogP contribution in [0.3, 0.4) is 0 Å². The van der Waals surface area contributed by atoms with Crippen molar-refractivity contribution in [1.29, 1.82) is 0 Å². The van der Waals surface area contributed by atoms with Crippen molar-refractivity contribution in [2.24, 2.45) is 0 Å². The molecule has 0 aliphatic heterocycles. The Morgan fingerprint density at radius 2 is 2.29 bits per heavy atom. The van der Waals surface area contributed by atoms with E-state index in [1.165, 1.54) is 4.88 Å². The van der Waals surface area contributed by atoms with E-state index in [-0.39, 0.29) is 12.5 Å². The zero-order chi connectivity index (χ0) is 12.1. The average molecular weight is 253 g/mol. The van der Waals surface area contributed by atoms with E-state index < -0.39 is 0 Å². The maximum absolute atomic E-state index is 12.1. The van der Waals surface area contributed by atoms with Crippen LogP contribution in [-0.4, -0.2) is 28.6 Å². The smallest absolute Gasteiger partial charge is 0.223 e. The molecule has 0 atom stereocenters. The Hall–Kier alpha value is -0.870. The molecule has 4 heteroatoms. The predicted molar refractivity (Wildman–Crippen MR) is 68.8 cm³/mol. The number of aliphatic hydroxyl groups is 1. The van der Waals surface area contributed by atoms with Crippen LogP contribution in [0.4, 0.5) is 0 Å². The number of carbonyl (C=O) groups excluding carboxylic acids is 1. The number of amides is 1. The van der Waals surface area contributed by atoms with E-state index in [0.29, 0.717) is 12.5 Å². The molecule has 1 heterocycles. The summed E-state index contributed by atoms with van der Waals surface area (Å²) >= 11 is 1.71. The highest BCUT2D eigenvalue weighted by molar-refractivity contribution is 7.09. The third kappa shape index (κ3) is 3.82. The first-order valence-electron chi connectivity index (χ1n) is 6.24. The first-order valence-corrected chi connectivity index (χ1v) is 7.12. The van der Waals surface area contributed by atoms with Crippen molar-refractivity contribution >= 4 is 17.2 Å². The largest absolute Gasteiger partial charge is 0.396 e. The second kappa shape index (κ2) is 6.17. The minimum absolute atomic E-state index is 0.182. The Kier molecular flexibility index (Phi) is 4.57. The van der Waals surface area contributed by atoms with E-state index in [2.05, 4.69) is 11.4 Å². The fourth-order valence-corrected chi connectivity index (χ4v) is 2.61. The minimum Gasteiger partial charge on any atom is -0.396 e. The van der Waals surface area contributed by atoms with Gasteiger partial charge in [-0.15, -0.1) is 11.3 Å². The van der Waals surface area contributed by atoms with Crippen LogP contribution < -0.4 is 0 Å². The van der Waals surface area contributed by atoms with Crippen LogP contribution in [0.25, 0.3) is 0 Å². The number of unbranched alkanes of at least 4 members (excludes halogenated alkanes) is 1. The van der Waals surface area contributed by atoms with Crippen molar-refractivity contribution in [2.45, 2.75) is 44.7 Å². The van der Waals surface area contributed by atoms with Crippen LogP contribution in [-0.2, 0) is 11.3 Å². The summed E-state index contributed by atoms with van der Waals surface area (Å²) < 4.78 is 0. The lowest BCUT2D eigenvalue weighted by Gasteiger charge is -2.21. The molecule has 1 aromatic rings. The van der Waals surface area contributed by atoms with Gasteiger partial charge < -0.3 is 10.0 Å². The molecule has 1 amide bonds. The third-order valence-corrected chi connectivity index (χ3v) is 3.87. The van der Waals surface area contributed by atoms with E-state index in [1.807, 2.05) is 11.0 Å². The fourth-order valence-electron chi connectivity index (χ4n) is 1.91. The van der Waals surface area contributed by atoms with E-state index in [1.54, 1.807) is 11.3 Å². The molecule has 0 radical (unpaired) electrons. The molecule has 17 heavy (non-hydrogen) atoms. The Morgan fingerprint density at radius 1 is 1.47 bits per heavy atom. The molecule has 0 unspecified atom stereocenters. The summed E-state index contributed by atoms with van der Waals surface area (Å²) in [7, 11) is 0. The van der Waals surface area contributed by atoms with Gasteiger partial charge in [0.1, 0.15) is 0 Å². The molecular weight excluding hydrogens is 234 g/mol. The SMILES string of the molecule is O=C(CCCCO)N(Cc1cccs1)C1CC1. The van der Waals surface area contributed by atoms with Crippen molar-refractivity contribution in [2.75, 3.05) is 6.61 Å². The highest BCUT2D eigenvalue weighted by Gasteiger charge is 2.32. The van der Waals surface area contributed by atoms with Crippen molar-refractivity contribution in [1.82, 2.24) is 4.90 Å². The summed E-state index contributed by atoms with van der Waals surface area (Å²) in [4.78, 5) is 15.3. The number of rotatable bonds is 7. The molecule has 1 fully saturated rings. The van der Waals surface area contributed by atoms with E-state index in [9.17, 15) is 4.79 Å². The molecule has 1 N–H and O–H groups in total. The van der Waals surface area contributed by atoms with Gasteiger partial charge in [-0.1, -0.05) is 6.07 Å². The quantitative estimate of drug-likeness (QED) is 0.758. The molecule has 3 nitrogen and oxygen atoms in total. The lowest BCUT2D eigenvalue weighted by molar-refractivity contribution is -0.132. The monoisotopic (exact) mass is 253 g/mol. The van der Waals surface area contributed by atoms with E-state index in [4.69, 9.17) is 5.11 Å². The number of carbonyl (C=O) groups is 1. The molecular formula is C13H19NO2S. The van der Waals surface area contributed by atoms with Crippen molar-refractivity contribution in [3.05, 3.63) is 22.4 Å². The molecule has 94 valence electrons. The van der Waals surface area contributed by atoms with Crippen LogP contribution in [0, 0.1) is 0 Å². The summed E-state index contributed by atoms with van der Waals surface area (Å²) in [5.74, 6) is 0.245. The van der Waals surface area contributed by atoms with Crippen molar-refractivity contribution < 1.29 is 9.90 Å². The van der Waals surface area contributed by atoms with Crippen molar-refractivity contribution in [3.63, 3.8) is 0 Å². The molecule has 1 saturated carbocycles. The first-order chi connectivity index (χ1) is 8.31. The summed E-state index contributed by atoms with van der Waals surface area (Å²) in [5.41, 5.74) is 0. The van der Waals surface area contributed by atoms with Crippen LogP contribution >= 0.6 is 11.3 Å². The van der Waals surface area contributed by atoms with E-state index in [0.717, 1.165) is 32.2 Å². The van der Waals surface area contributed by atoms with Gasteiger partial charge in [-0.05, 0) is 37.1 Å². The standard InChI is InChI=1S/C13H19NO2S/c15-8-2-1-5-13(16)14(11-6-7-11)10-12-4-3-9-17-12/h3-4,9,11,15H,1-2,5-8,10H2. The van der Waals surface area contributed by atoms with Crippen molar-refractivity contribution in [3.8, 4) is 0 Å². The normalized spacial score (nSPS) is 14.9. The molecule has 1 aromatic heterocycles. The Morgan fingerprint density at radius 3 is 2.88 bits per heavy atom. The van der Waals surface area contributed by atoms with Crippen LogP contribution in [0.1, 0.15) is 37.0 Å². The number of aliphatic hydroxyl groups excluding tert-OH is 1. The van der Waals surface area contributed by atoms with Gasteiger partial charge in [0.05, 0.1) is 6.54 Å². The number of thiophene rings is 1. The molecule has 0 aromatic carbocycles.